The first-order valence-corrected chi connectivity index (χ1v) is 7.35. The number of nitrogens with zero attached hydrogens (tertiary/aromatic N) is 3. The molecule has 0 fully saturated rings. The number of thioether (sulfide) groups is 1. The van der Waals surface area contributed by atoms with Crippen LogP contribution in [-0.2, 0) is 4.79 Å². The molecule has 1 aliphatic rings. The average molecular weight is 350 g/mol. The summed E-state index contributed by atoms with van der Waals surface area (Å²) in [6.07, 6.45) is 1.18. The lowest BCUT2D eigenvalue weighted by atomic mass is 10.1. The van der Waals surface area contributed by atoms with Crippen molar-refractivity contribution in [1.29, 1.82) is 0 Å². The van der Waals surface area contributed by atoms with E-state index in [1.54, 1.807) is 6.92 Å². The van der Waals surface area contributed by atoms with E-state index in [0.29, 0.717) is 11.6 Å². The van der Waals surface area contributed by atoms with Crippen molar-refractivity contribution in [1.82, 2.24) is 15.2 Å². The fourth-order valence-electron chi connectivity index (χ4n) is 1.96. The summed E-state index contributed by atoms with van der Waals surface area (Å²) in [6.45, 7) is 1.63. The highest BCUT2D eigenvalue weighted by atomic mass is 32.2. The molecule has 124 valence electrons. The summed E-state index contributed by atoms with van der Waals surface area (Å²) in [6, 6.07) is 2.57. The van der Waals surface area contributed by atoms with Crippen LogP contribution in [0.2, 0.25) is 0 Å². The zero-order chi connectivity index (χ0) is 17.3. The number of rotatable bonds is 5. The van der Waals surface area contributed by atoms with Crippen LogP contribution in [-0.4, -0.2) is 38.0 Å². The number of nitrogens with one attached hydrogen (secondary N) is 1. The van der Waals surface area contributed by atoms with E-state index in [1.165, 1.54) is 18.2 Å². The van der Waals surface area contributed by atoms with E-state index in [4.69, 9.17) is 9.47 Å². The van der Waals surface area contributed by atoms with E-state index in [0.717, 1.165) is 11.8 Å². The van der Waals surface area contributed by atoms with Gasteiger partial charge >= 0.3 is 5.97 Å². The molecule has 0 bridgehead atoms. The molecule has 1 aliphatic heterocycles. The Labute approximate surface area is 138 Å². The number of aromatic nitrogens is 3. The number of fused-ring (bicyclic) bond motifs is 1. The number of aryl methyl sites for hydroxylation is 1. The van der Waals surface area contributed by atoms with Gasteiger partial charge in [0.05, 0.1) is 16.6 Å². The van der Waals surface area contributed by atoms with Crippen molar-refractivity contribution in [3.8, 4) is 11.5 Å². The van der Waals surface area contributed by atoms with Crippen LogP contribution in [0.25, 0.3) is 6.08 Å². The van der Waals surface area contributed by atoms with Crippen molar-refractivity contribution in [3.63, 3.8) is 0 Å². The number of nitro groups is 1. The van der Waals surface area contributed by atoms with Crippen LogP contribution in [0.5, 0.6) is 11.5 Å². The van der Waals surface area contributed by atoms with E-state index in [-0.39, 0.29) is 33.9 Å². The molecule has 2 aromatic rings. The maximum atomic E-state index is 11.4. The Bertz CT molecular complexity index is 862. The normalized spacial score (nSPS) is 13.1. The third kappa shape index (κ3) is 3.15. The number of carboxylic acids is 1. The number of nitro benzene ring substituents is 1. The maximum Gasteiger partial charge on any atom is 0.342 e. The number of aromatic amines is 1. The Morgan fingerprint density at radius 2 is 2.17 bits per heavy atom. The second-order valence-electron chi connectivity index (χ2n) is 4.64. The Kier molecular flexibility index (Phi) is 4.08. The molecule has 11 heteroatoms. The van der Waals surface area contributed by atoms with Gasteiger partial charge < -0.3 is 14.6 Å². The summed E-state index contributed by atoms with van der Waals surface area (Å²) in [4.78, 5) is 25.9. The van der Waals surface area contributed by atoms with E-state index in [1.807, 2.05) is 0 Å². The topological polar surface area (TPSA) is 140 Å². The van der Waals surface area contributed by atoms with Gasteiger partial charge in [-0.1, -0.05) is 0 Å². The van der Waals surface area contributed by atoms with Crippen LogP contribution in [0.3, 0.4) is 0 Å². The number of aliphatic carboxylic acids is 1. The zero-order valence-corrected chi connectivity index (χ0v) is 13.0. The zero-order valence-electron chi connectivity index (χ0n) is 12.2. The van der Waals surface area contributed by atoms with Gasteiger partial charge in [0.2, 0.25) is 11.9 Å². The molecule has 1 aromatic heterocycles. The largest absolute Gasteiger partial charge is 0.477 e. The van der Waals surface area contributed by atoms with Crippen molar-refractivity contribution in [2.24, 2.45) is 0 Å². The molecule has 0 unspecified atom stereocenters. The summed E-state index contributed by atoms with van der Waals surface area (Å²) in [5.74, 6) is -0.172. The number of H-pyrrole nitrogens is 1. The van der Waals surface area contributed by atoms with Gasteiger partial charge in [-0.2, -0.15) is 0 Å². The molecule has 0 amide bonds. The number of hydrogen-bond donors (Lipinski definition) is 2. The highest BCUT2D eigenvalue weighted by molar-refractivity contribution is 8.04. The lowest BCUT2D eigenvalue weighted by molar-refractivity contribution is -0.385. The lowest BCUT2D eigenvalue weighted by Crippen LogP contribution is -1.99. The molecule has 0 saturated heterocycles. The predicted molar refractivity (Wildman–Crippen MR) is 81.8 cm³/mol. The summed E-state index contributed by atoms with van der Waals surface area (Å²) < 4.78 is 10.3. The average Bonchev–Trinajstić information content (AvgIpc) is 3.13. The van der Waals surface area contributed by atoms with Crippen molar-refractivity contribution in [2.45, 2.75) is 12.1 Å². The SMILES string of the molecule is Cc1nc(S/C(=C\c2cc3c(cc2[N+](=O)[O-])OCO3)C(=O)O)n[nH]1. The number of carbonyl (C=O) groups is 1. The van der Waals surface area contributed by atoms with Crippen LogP contribution in [0.1, 0.15) is 11.4 Å². The third-order valence-corrected chi connectivity index (χ3v) is 3.87. The molecule has 0 spiro atoms. The number of benzene rings is 1. The second kappa shape index (κ2) is 6.20. The first-order chi connectivity index (χ1) is 11.4. The molecule has 0 radical (unpaired) electrons. The number of hydrogen-bond acceptors (Lipinski definition) is 8. The van der Waals surface area contributed by atoms with Crippen molar-refractivity contribution < 1.29 is 24.3 Å². The fraction of sp³-hybridized carbons (Fsp3) is 0.154. The van der Waals surface area contributed by atoms with Gasteiger partial charge in [0.15, 0.2) is 11.5 Å². The van der Waals surface area contributed by atoms with Crippen molar-refractivity contribution in [2.75, 3.05) is 6.79 Å². The van der Waals surface area contributed by atoms with Crippen LogP contribution < -0.4 is 9.47 Å². The van der Waals surface area contributed by atoms with Gasteiger partial charge in [-0.25, -0.2) is 9.78 Å². The molecular weight excluding hydrogens is 340 g/mol. The first-order valence-electron chi connectivity index (χ1n) is 6.54. The Morgan fingerprint density at radius 1 is 1.46 bits per heavy atom. The van der Waals surface area contributed by atoms with Crippen molar-refractivity contribution in [3.05, 3.63) is 38.5 Å². The monoisotopic (exact) mass is 350 g/mol. The minimum Gasteiger partial charge on any atom is -0.477 e. The van der Waals surface area contributed by atoms with Crippen molar-refractivity contribution >= 4 is 29.5 Å². The molecule has 0 aliphatic carbocycles. The van der Waals surface area contributed by atoms with Gasteiger partial charge in [-0.3, -0.25) is 15.2 Å². The molecule has 2 N–H and O–H groups in total. The molecule has 0 atom stereocenters. The van der Waals surface area contributed by atoms with Crippen LogP contribution in [0.15, 0.2) is 22.2 Å². The Morgan fingerprint density at radius 3 is 2.75 bits per heavy atom. The molecular formula is C13H10N4O6S. The first kappa shape index (κ1) is 15.8. The molecule has 3 rings (SSSR count). The highest BCUT2D eigenvalue weighted by Crippen LogP contribution is 2.39. The number of ether oxygens (including phenoxy) is 2. The number of carboxylic acid groups (broad SMARTS) is 1. The van der Waals surface area contributed by atoms with E-state index >= 15 is 0 Å². The van der Waals surface area contributed by atoms with Gasteiger partial charge in [0.1, 0.15) is 10.7 Å². The van der Waals surface area contributed by atoms with Gasteiger partial charge in [0, 0.05) is 0 Å². The van der Waals surface area contributed by atoms with E-state index < -0.39 is 10.9 Å². The third-order valence-electron chi connectivity index (χ3n) is 2.99. The van der Waals surface area contributed by atoms with E-state index in [9.17, 15) is 20.0 Å². The van der Waals surface area contributed by atoms with Gasteiger partial charge in [0.25, 0.3) is 5.69 Å². The minimum atomic E-state index is -1.26. The Balaban J connectivity index is 2.03. The molecule has 24 heavy (non-hydrogen) atoms. The summed E-state index contributed by atoms with van der Waals surface area (Å²) in [5.41, 5.74) is -0.203. The Hall–Kier alpha value is -3.08. The van der Waals surface area contributed by atoms with E-state index in [2.05, 4.69) is 15.2 Å². The van der Waals surface area contributed by atoms with Crippen LogP contribution >= 0.6 is 11.8 Å². The van der Waals surface area contributed by atoms with Gasteiger partial charge in [-0.05, 0) is 30.8 Å². The standard InChI is InChI=1S/C13H10N4O6S/c1-6-14-13(16-15-6)24-11(12(18)19)3-7-2-9-10(23-5-22-9)4-8(7)17(20)21/h2-4H,5H2,1H3,(H,18,19)(H,14,15,16)/b11-3-. The molecule has 1 aromatic carbocycles. The lowest BCUT2D eigenvalue weighted by Gasteiger charge is -2.03. The predicted octanol–water partition coefficient (Wildman–Crippen LogP) is 1.97. The van der Waals surface area contributed by atoms with Crippen LogP contribution in [0, 0.1) is 17.0 Å². The summed E-state index contributed by atoms with van der Waals surface area (Å²) in [5, 5.41) is 27.2. The smallest absolute Gasteiger partial charge is 0.342 e. The molecule has 2 heterocycles. The minimum absolute atomic E-state index is 0.0450. The molecule has 0 saturated carbocycles. The summed E-state index contributed by atoms with van der Waals surface area (Å²) >= 11 is 0.780. The summed E-state index contributed by atoms with van der Waals surface area (Å²) in [7, 11) is 0. The second-order valence-corrected chi connectivity index (χ2v) is 5.65. The molecule has 10 nitrogen and oxygen atoms in total. The van der Waals surface area contributed by atoms with Gasteiger partial charge in [-0.15, -0.1) is 5.10 Å². The maximum absolute atomic E-state index is 11.4. The quantitative estimate of drug-likeness (QED) is 0.358. The highest BCUT2D eigenvalue weighted by Gasteiger charge is 2.24. The van der Waals surface area contributed by atoms with Crippen LogP contribution in [0.4, 0.5) is 5.69 Å². The fourth-order valence-corrected chi connectivity index (χ4v) is 2.71.